The number of pyridine rings is 1. The van der Waals surface area contributed by atoms with E-state index in [-0.39, 0.29) is 34.6 Å². The summed E-state index contributed by atoms with van der Waals surface area (Å²) in [6, 6.07) is 7.78. The van der Waals surface area contributed by atoms with E-state index in [0.717, 1.165) is 6.42 Å². The number of nitrogens with zero attached hydrogens (tertiary/aromatic N) is 2. The number of halogens is 1. The van der Waals surface area contributed by atoms with Gasteiger partial charge in [-0.05, 0) is 49.1 Å². The maximum atomic E-state index is 13.2. The number of fused-ring (bicyclic) bond motifs is 2. The van der Waals surface area contributed by atoms with Crippen LogP contribution < -0.4 is 10.1 Å². The molecule has 1 aliphatic carbocycles. The number of hydrogen-bond acceptors (Lipinski definition) is 5. The summed E-state index contributed by atoms with van der Waals surface area (Å²) >= 11 is 6.01. The highest BCUT2D eigenvalue weighted by Gasteiger charge is 2.50. The molecule has 1 amide bonds. The SMILES string of the molecule is COc1ccc(Cl)cc1S(=O)(=O)N1CC2CC1CC2NC(=O)c1cccnc1. The zero-order chi connectivity index (χ0) is 19.9. The molecule has 1 saturated heterocycles. The fraction of sp³-hybridized carbons (Fsp3) is 0.368. The van der Waals surface area contributed by atoms with Crippen molar-refractivity contribution >= 4 is 27.5 Å². The van der Waals surface area contributed by atoms with E-state index < -0.39 is 10.0 Å². The highest BCUT2D eigenvalue weighted by Crippen LogP contribution is 2.42. The Hall–Kier alpha value is -2.16. The molecule has 0 radical (unpaired) electrons. The number of nitrogens with one attached hydrogen (secondary N) is 1. The summed E-state index contributed by atoms with van der Waals surface area (Å²) in [5.41, 5.74) is 0.499. The molecule has 2 heterocycles. The highest BCUT2D eigenvalue weighted by atomic mass is 35.5. The van der Waals surface area contributed by atoms with Crippen LogP contribution in [0.15, 0.2) is 47.6 Å². The number of carbonyl (C=O) groups is 1. The molecule has 3 atom stereocenters. The van der Waals surface area contributed by atoms with E-state index in [1.807, 2.05) is 0 Å². The quantitative estimate of drug-likeness (QED) is 0.800. The smallest absolute Gasteiger partial charge is 0.253 e. The first-order valence-corrected chi connectivity index (χ1v) is 10.8. The van der Waals surface area contributed by atoms with Gasteiger partial charge >= 0.3 is 0 Å². The van der Waals surface area contributed by atoms with Crippen LogP contribution in [0.25, 0.3) is 0 Å². The van der Waals surface area contributed by atoms with Crippen molar-refractivity contribution in [3.05, 3.63) is 53.3 Å². The zero-order valence-corrected chi connectivity index (χ0v) is 16.8. The number of methoxy groups -OCH3 is 1. The van der Waals surface area contributed by atoms with Gasteiger partial charge in [0.05, 0.1) is 12.7 Å². The number of amides is 1. The second-order valence-corrected chi connectivity index (χ2v) is 9.37. The summed E-state index contributed by atoms with van der Waals surface area (Å²) in [7, 11) is -2.30. The van der Waals surface area contributed by atoms with Crippen molar-refractivity contribution in [3.8, 4) is 5.75 Å². The van der Waals surface area contributed by atoms with Gasteiger partial charge in [-0.2, -0.15) is 4.31 Å². The van der Waals surface area contributed by atoms with Crippen LogP contribution in [0.4, 0.5) is 0 Å². The summed E-state index contributed by atoms with van der Waals surface area (Å²) in [4.78, 5) is 16.4. The number of ether oxygens (including phenoxy) is 1. The third-order valence-corrected chi connectivity index (χ3v) is 7.62. The molecule has 4 rings (SSSR count). The molecule has 1 N–H and O–H groups in total. The first-order chi connectivity index (χ1) is 13.4. The van der Waals surface area contributed by atoms with Gasteiger partial charge in [-0.3, -0.25) is 9.78 Å². The lowest BCUT2D eigenvalue weighted by Gasteiger charge is -2.31. The average Bonchev–Trinajstić information content (AvgIpc) is 3.29. The van der Waals surface area contributed by atoms with Crippen LogP contribution in [0.3, 0.4) is 0 Å². The van der Waals surface area contributed by atoms with Crippen LogP contribution >= 0.6 is 11.6 Å². The molecule has 2 aromatic rings. The summed E-state index contributed by atoms with van der Waals surface area (Å²) in [6.07, 6.45) is 4.44. The Labute approximate surface area is 168 Å². The zero-order valence-electron chi connectivity index (χ0n) is 15.2. The van der Waals surface area contributed by atoms with Gasteiger partial charge in [-0.25, -0.2) is 8.42 Å². The lowest BCUT2D eigenvalue weighted by molar-refractivity contribution is 0.0919. The van der Waals surface area contributed by atoms with Crippen molar-refractivity contribution in [1.29, 1.82) is 0 Å². The van der Waals surface area contributed by atoms with Crippen LogP contribution in [0.5, 0.6) is 5.75 Å². The lowest BCUT2D eigenvalue weighted by Crippen LogP contribution is -2.47. The molecule has 148 valence electrons. The summed E-state index contributed by atoms with van der Waals surface area (Å²) in [5, 5.41) is 3.36. The lowest BCUT2D eigenvalue weighted by atomic mass is 10.0. The van der Waals surface area contributed by atoms with Gasteiger partial charge in [-0.1, -0.05) is 11.6 Å². The van der Waals surface area contributed by atoms with Gasteiger partial charge in [0.1, 0.15) is 10.6 Å². The number of sulfonamides is 1. The van der Waals surface area contributed by atoms with Crippen LogP contribution in [-0.2, 0) is 10.0 Å². The van der Waals surface area contributed by atoms with Crippen molar-refractivity contribution in [3.63, 3.8) is 0 Å². The number of carbonyl (C=O) groups excluding carboxylic acids is 1. The van der Waals surface area contributed by atoms with Crippen molar-refractivity contribution in [2.45, 2.75) is 29.8 Å². The summed E-state index contributed by atoms with van der Waals surface area (Å²) in [6.45, 7) is 0.362. The Kier molecular flexibility index (Phi) is 5.03. The van der Waals surface area contributed by atoms with Gasteiger partial charge in [0, 0.05) is 36.0 Å². The number of aromatic nitrogens is 1. The van der Waals surface area contributed by atoms with Gasteiger partial charge in [0.25, 0.3) is 5.91 Å². The van der Waals surface area contributed by atoms with Crippen molar-refractivity contribution < 1.29 is 17.9 Å². The Morgan fingerprint density at radius 1 is 1.32 bits per heavy atom. The minimum atomic E-state index is -3.74. The van der Waals surface area contributed by atoms with Crippen LogP contribution in [0.1, 0.15) is 23.2 Å². The fourth-order valence-electron chi connectivity index (χ4n) is 4.11. The minimum Gasteiger partial charge on any atom is -0.495 e. The van der Waals surface area contributed by atoms with E-state index in [0.29, 0.717) is 23.6 Å². The molecule has 28 heavy (non-hydrogen) atoms. The van der Waals surface area contributed by atoms with Gasteiger partial charge < -0.3 is 10.1 Å². The topological polar surface area (TPSA) is 88.6 Å². The standard InChI is InChI=1S/C19H20ClN3O4S/c1-27-17-5-4-14(20)8-18(17)28(25,26)23-11-13-7-15(23)9-16(13)22-19(24)12-3-2-6-21-10-12/h2-6,8,10,13,15-16H,7,9,11H2,1H3,(H,22,24). The molecule has 0 spiro atoms. The van der Waals surface area contributed by atoms with E-state index in [9.17, 15) is 13.2 Å². The summed E-state index contributed by atoms with van der Waals surface area (Å²) < 4.78 is 33.1. The molecule has 2 bridgehead atoms. The maximum Gasteiger partial charge on any atom is 0.253 e. The van der Waals surface area contributed by atoms with Crippen molar-refractivity contribution in [1.82, 2.24) is 14.6 Å². The molecule has 7 nitrogen and oxygen atoms in total. The third-order valence-electron chi connectivity index (χ3n) is 5.44. The minimum absolute atomic E-state index is 0.0505. The molecule has 3 unspecified atom stereocenters. The maximum absolute atomic E-state index is 13.2. The highest BCUT2D eigenvalue weighted by molar-refractivity contribution is 7.89. The average molecular weight is 422 g/mol. The predicted octanol–water partition coefficient (Wildman–Crippen LogP) is 2.33. The number of piperidine rings is 1. The number of hydrogen-bond donors (Lipinski definition) is 1. The van der Waals surface area contributed by atoms with E-state index in [1.54, 1.807) is 30.5 Å². The van der Waals surface area contributed by atoms with Crippen LogP contribution in [-0.4, -0.2) is 49.4 Å². The molecule has 9 heteroatoms. The first-order valence-electron chi connectivity index (χ1n) is 8.96. The molecule has 1 aliphatic heterocycles. The normalized spacial score (nSPS) is 24.3. The Morgan fingerprint density at radius 3 is 2.79 bits per heavy atom. The van der Waals surface area contributed by atoms with E-state index in [2.05, 4.69) is 10.3 Å². The second-order valence-electron chi connectivity index (χ2n) is 7.08. The van der Waals surface area contributed by atoms with E-state index in [4.69, 9.17) is 16.3 Å². The van der Waals surface area contributed by atoms with Crippen molar-refractivity contribution in [2.24, 2.45) is 5.92 Å². The number of benzene rings is 1. The second kappa shape index (κ2) is 7.35. The van der Waals surface area contributed by atoms with Crippen LogP contribution in [0, 0.1) is 5.92 Å². The fourth-order valence-corrected chi connectivity index (χ4v) is 6.23. The van der Waals surface area contributed by atoms with E-state index >= 15 is 0 Å². The Bertz CT molecular complexity index is 999. The van der Waals surface area contributed by atoms with Crippen molar-refractivity contribution in [2.75, 3.05) is 13.7 Å². The molecule has 2 fully saturated rings. The Balaban J connectivity index is 1.50. The predicted molar refractivity (Wildman–Crippen MR) is 104 cm³/mol. The monoisotopic (exact) mass is 421 g/mol. The molecule has 1 saturated carbocycles. The molecule has 1 aromatic carbocycles. The van der Waals surface area contributed by atoms with E-state index in [1.165, 1.54) is 23.7 Å². The number of rotatable bonds is 5. The molecular weight excluding hydrogens is 402 g/mol. The third kappa shape index (κ3) is 3.36. The molecular formula is C19H20ClN3O4S. The summed E-state index contributed by atoms with van der Waals surface area (Å²) in [5.74, 6) is 0.163. The first kappa shape index (κ1) is 19.2. The van der Waals surface area contributed by atoms with Gasteiger partial charge in [0.2, 0.25) is 10.0 Å². The molecule has 2 aliphatic rings. The Morgan fingerprint density at radius 2 is 2.14 bits per heavy atom. The molecule has 1 aromatic heterocycles. The van der Waals surface area contributed by atoms with Gasteiger partial charge in [-0.15, -0.1) is 0 Å². The van der Waals surface area contributed by atoms with Gasteiger partial charge in [0.15, 0.2) is 0 Å². The largest absolute Gasteiger partial charge is 0.495 e. The van der Waals surface area contributed by atoms with Crippen LogP contribution in [0.2, 0.25) is 5.02 Å².